The van der Waals surface area contributed by atoms with E-state index >= 15 is 0 Å². The zero-order chi connectivity index (χ0) is 7.82. The van der Waals surface area contributed by atoms with E-state index in [4.69, 9.17) is 15.5 Å². The second-order valence-electron chi connectivity index (χ2n) is 1.40. The second kappa shape index (κ2) is 5.45. The number of hydrogen-bond acceptors (Lipinski definition) is 3. The molecule has 2 N–H and O–H groups in total. The molecule has 0 atom stereocenters. The second-order valence-corrected chi connectivity index (χ2v) is 1.40. The Bertz CT molecular complexity index is 204. The summed E-state index contributed by atoms with van der Waals surface area (Å²) in [6.07, 6.45) is 6.78. The number of hydrogen-bond donors (Lipinski definition) is 2. The highest BCUT2D eigenvalue weighted by Gasteiger charge is 1.73. The van der Waals surface area contributed by atoms with E-state index in [1.807, 2.05) is 0 Å². The Kier molecular flexibility index (Phi) is 4.53. The van der Waals surface area contributed by atoms with Gasteiger partial charge in [-0.05, 0) is 0 Å². The van der Waals surface area contributed by atoms with Crippen LogP contribution in [0.25, 0.3) is 0 Å². The number of nitriles is 1. The van der Waals surface area contributed by atoms with Gasteiger partial charge in [0.25, 0.3) is 5.95 Å². The quantitative estimate of drug-likeness (QED) is 0.345. The third-order valence-corrected chi connectivity index (χ3v) is 0.638. The summed E-state index contributed by atoms with van der Waals surface area (Å²) in [5.74, 6) is -0.749. The van der Waals surface area contributed by atoms with E-state index in [0.29, 0.717) is 0 Å². The van der Waals surface area contributed by atoms with Gasteiger partial charge in [0.15, 0.2) is 0 Å². The van der Waals surface area contributed by atoms with Crippen molar-refractivity contribution in [3.63, 3.8) is 0 Å². The molecule has 0 fully saturated rings. The van der Waals surface area contributed by atoms with Crippen molar-refractivity contribution in [1.29, 1.82) is 5.26 Å². The summed E-state index contributed by atoms with van der Waals surface area (Å²) < 4.78 is 0. The summed E-state index contributed by atoms with van der Waals surface area (Å²) in [6.45, 7) is 0. The monoisotopic (exact) mass is 137 g/mol. The minimum Gasteiger partial charge on any atom is -0.481 e. The highest BCUT2D eigenvalue weighted by atomic mass is 16.5. The summed E-state index contributed by atoms with van der Waals surface area (Å²) >= 11 is 0. The minimum absolute atomic E-state index is 0.749. The summed E-state index contributed by atoms with van der Waals surface area (Å²) in [4.78, 5) is 0. The van der Waals surface area contributed by atoms with Gasteiger partial charge in [-0.3, -0.25) is 0 Å². The van der Waals surface area contributed by atoms with Crippen LogP contribution in [0.3, 0.4) is 0 Å². The molecule has 3 nitrogen and oxygen atoms in total. The van der Waals surface area contributed by atoms with E-state index in [9.17, 15) is 0 Å². The van der Waals surface area contributed by atoms with E-state index < -0.39 is 5.95 Å². The lowest BCUT2D eigenvalue weighted by Gasteiger charge is -1.78. The lowest BCUT2D eigenvalue weighted by molar-refractivity contribution is 0.191. The maximum absolute atomic E-state index is 8.19. The highest BCUT2D eigenvalue weighted by molar-refractivity contribution is 5.15. The lowest BCUT2D eigenvalue weighted by atomic mass is 10.4. The van der Waals surface area contributed by atoms with E-state index in [-0.39, 0.29) is 0 Å². The Balaban J connectivity index is 3.71. The van der Waals surface area contributed by atoms with Crippen molar-refractivity contribution in [3.05, 3.63) is 36.3 Å². The van der Waals surface area contributed by atoms with E-state index in [1.54, 1.807) is 6.07 Å². The molecule has 3 heteroatoms. The first-order valence-corrected chi connectivity index (χ1v) is 2.58. The fourth-order valence-electron chi connectivity index (χ4n) is 0.304. The normalized spacial score (nSPS) is 9.90. The van der Waals surface area contributed by atoms with Gasteiger partial charge < -0.3 is 10.2 Å². The number of aliphatic hydroxyl groups excluding tert-OH is 1. The standard InChI is InChI=1S/C7H7NO2/c8-6-4-2-1-3-5-7(9)10/h1-5,9-10H. The molecule has 0 aromatic rings. The molecule has 0 unspecified atom stereocenters. The van der Waals surface area contributed by atoms with Gasteiger partial charge in [-0.2, -0.15) is 5.26 Å². The summed E-state index contributed by atoms with van der Waals surface area (Å²) in [6, 6.07) is 1.78. The van der Waals surface area contributed by atoms with Gasteiger partial charge in [0.1, 0.15) is 0 Å². The maximum atomic E-state index is 8.19. The average molecular weight is 137 g/mol. The smallest absolute Gasteiger partial charge is 0.274 e. The Morgan fingerprint density at radius 3 is 2.40 bits per heavy atom. The molecule has 0 saturated heterocycles. The molecule has 0 aliphatic heterocycles. The van der Waals surface area contributed by atoms with Crippen molar-refractivity contribution >= 4 is 0 Å². The van der Waals surface area contributed by atoms with Crippen molar-refractivity contribution in [1.82, 2.24) is 0 Å². The van der Waals surface area contributed by atoms with Crippen LogP contribution in [0.4, 0.5) is 0 Å². The Labute approximate surface area is 58.8 Å². The molecule has 0 aromatic heterocycles. The molecular weight excluding hydrogens is 130 g/mol. The fraction of sp³-hybridized carbons (Fsp3) is 0. The molecular formula is C7H7NO2. The maximum Gasteiger partial charge on any atom is 0.274 e. The zero-order valence-electron chi connectivity index (χ0n) is 5.23. The third kappa shape index (κ3) is 6.31. The van der Waals surface area contributed by atoms with Gasteiger partial charge in [-0.1, -0.05) is 18.2 Å². The van der Waals surface area contributed by atoms with Crippen LogP contribution >= 0.6 is 0 Å². The van der Waals surface area contributed by atoms with Crippen LogP contribution in [0.15, 0.2) is 36.3 Å². The summed E-state index contributed by atoms with van der Waals surface area (Å²) in [7, 11) is 0. The first kappa shape index (κ1) is 8.31. The first-order valence-electron chi connectivity index (χ1n) is 2.58. The predicted molar refractivity (Wildman–Crippen MR) is 37.2 cm³/mol. The summed E-state index contributed by atoms with van der Waals surface area (Å²) in [5, 5.41) is 24.4. The van der Waals surface area contributed by atoms with Crippen LogP contribution < -0.4 is 0 Å². The van der Waals surface area contributed by atoms with Crippen molar-refractivity contribution in [2.24, 2.45) is 0 Å². The number of aliphatic hydroxyl groups is 2. The molecule has 0 bridgehead atoms. The molecule has 0 rings (SSSR count). The van der Waals surface area contributed by atoms with Crippen LogP contribution in [-0.4, -0.2) is 10.2 Å². The third-order valence-electron chi connectivity index (χ3n) is 0.638. The predicted octanol–water partition coefficient (Wildman–Crippen LogP) is 1.58. The molecule has 0 aromatic carbocycles. The largest absolute Gasteiger partial charge is 0.481 e. The van der Waals surface area contributed by atoms with Crippen molar-refractivity contribution in [2.45, 2.75) is 0 Å². The molecule has 0 aliphatic carbocycles. The average Bonchev–Trinajstić information content (AvgIpc) is 1.87. The number of nitrogens with zero attached hydrogens (tertiary/aromatic N) is 1. The van der Waals surface area contributed by atoms with Gasteiger partial charge in [-0.25, -0.2) is 0 Å². The number of rotatable bonds is 2. The van der Waals surface area contributed by atoms with Gasteiger partial charge in [0.05, 0.1) is 6.07 Å². The van der Waals surface area contributed by atoms with Crippen molar-refractivity contribution < 1.29 is 10.2 Å². The van der Waals surface area contributed by atoms with E-state index in [0.717, 1.165) is 6.08 Å². The minimum atomic E-state index is -0.749. The highest BCUT2D eigenvalue weighted by Crippen LogP contribution is 1.82. The van der Waals surface area contributed by atoms with Crippen molar-refractivity contribution in [2.75, 3.05) is 0 Å². The van der Waals surface area contributed by atoms with Crippen LogP contribution in [0.5, 0.6) is 0 Å². The molecule has 0 radical (unpaired) electrons. The van der Waals surface area contributed by atoms with Crippen LogP contribution in [0.1, 0.15) is 0 Å². The molecule has 0 amide bonds. The zero-order valence-corrected chi connectivity index (χ0v) is 5.23. The van der Waals surface area contributed by atoms with E-state index in [2.05, 4.69) is 0 Å². The van der Waals surface area contributed by atoms with Gasteiger partial charge >= 0.3 is 0 Å². The van der Waals surface area contributed by atoms with Gasteiger partial charge in [0, 0.05) is 12.2 Å². The molecule has 0 saturated carbocycles. The Morgan fingerprint density at radius 1 is 1.20 bits per heavy atom. The van der Waals surface area contributed by atoms with E-state index in [1.165, 1.54) is 24.3 Å². The molecule has 0 aliphatic rings. The first-order chi connectivity index (χ1) is 4.77. The van der Waals surface area contributed by atoms with Crippen LogP contribution in [-0.2, 0) is 0 Å². The SMILES string of the molecule is N#CC=CC=CC=C(O)O. The topological polar surface area (TPSA) is 64.2 Å². The number of allylic oxidation sites excluding steroid dienone is 5. The van der Waals surface area contributed by atoms with Crippen LogP contribution in [0, 0.1) is 11.3 Å². The summed E-state index contributed by atoms with van der Waals surface area (Å²) in [5.41, 5.74) is 0. The molecule has 52 valence electrons. The molecule has 0 heterocycles. The van der Waals surface area contributed by atoms with Crippen molar-refractivity contribution in [3.8, 4) is 6.07 Å². The van der Waals surface area contributed by atoms with Gasteiger partial charge in [-0.15, -0.1) is 0 Å². The van der Waals surface area contributed by atoms with Gasteiger partial charge in [0.2, 0.25) is 0 Å². The fourth-order valence-corrected chi connectivity index (χ4v) is 0.304. The Hall–Kier alpha value is -1.69. The molecule has 10 heavy (non-hydrogen) atoms. The van der Waals surface area contributed by atoms with Crippen LogP contribution in [0.2, 0.25) is 0 Å². The molecule has 0 spiro atoms. The Morgan fingerprint density at radius 2 is 1.90 bits per heavy atom. The lowest BCUT2D eigenvalue weighted by Crippen LogP contribution is -1.70.